The van der Waals surface area contributed by atoms with Crippen molar-refractivity contribution < 1.29 is 17.6 Å². The topological polar surface area (TPSA) is 37.7 Å². The molecule has 1 saturated carbocycles. The van der Waals surface area contributed by atoms with E-state index in [1.165, 1.54) is 6.07 Å². The molecule has 1 aliphatic carbocycles. The maximum Gasteiger partial charge on any atom is 0.272 e. The number of likely N-dealkylation sites (tertiary alicyclic amines) is 1. The van der Waals surface area contributed by atoms with Crippen molar-refractivity contribution in [3.8, 4) is 0 Å². The third kappa shape index (κ3) is 6.83. The summed E-state index contributed by atoms with van der Waals surface area (Å²) in [5, 5.41) is 1.64. The molecule has 6 nitrogen and oxygen atoms in total. The molecule has 0 aromatic heterocycles. The summed E-state index contributed by atoms with van der Waals surface area (Å²) in [7, 11) is 0. The number of halogens is 5. The molecule has 3 saturated heterocycles. The Balaban J connectivity index is 1.23. The number of fused-ring (bicyclic) bond motifs is 1. The van der Waals surface area contributed by atoms with E-state index in [0.29, 0.717) is 63.3 Å². The quantitative estimate of drug-likeness (QED) is 0.110. The Morgan fingerprint density at radius 3 is 2.35 bits per heavy atom. The van der Waals surface area contributed by atoms with Crippen molar-refractivity contribution in [1.29, 1.82) is 0 Å². The predicted molar refractivity (Wildman–Crippen MR) is 179 cm³/mol. The van der Waals surface area contributed by atoms with Crippen LogP contribution in [0.5, 0.6) is 0 Å². The molecule has 0 radical (unpaired) electrons. The minimum absolute atomic E-state index is 0.103. The van der Waals surface area contributed by atoms with Gasteiger partial charge in [-0.2, -0.15) is 0 Å². The molecular formula is C35H41ClF4N6. The number of hydrogen-bond acceptors (Lipinski definition) is 6. The summed E-state index contributed by atoms with van der Waals surface area (Å²) in [4.78, 5) is 17.7. The van der Waals surface area contributed by atoms with Crippen molar-refractivity contribution >= 4 is 40.5 Å². The number of hydrogen-bond donors (Lipinski definition) is 0. The number of rotatable bonds is 11. The molecule has 11 heteroatoms. The van der Waals surface area contributed by atoms with Crippen molar-refractivity contribution in [3.05, 3.63) is 77.2 Å². The van der Waals surface area contributed by atoms with Crippen LogP contribution in [0, 0.1) is 11.2 Å². The molecule has 4 aliphatic rings. The van der Waals surface area contributed by atoms with Gasteiger partial charge in [0.05, 0.1) is 36.1 Å². The second-order valence-electron chi connectivity index (χ2n) is 13.1. The van der Waals surface area contributed by atoms with Crippen LogP contribution in [0.15, 0.2) is 76.4 Å². The van der Waals surface area contributed by atoms with Gasteiger partial charge in [0.1, 0.15) is 17.5 Å². The molecular weight excluding hydrogens is 616 g/mol. The molecule has 46 heavy (non-hydrogen) atoms. The Hall–Kier alpha value is -3.37. The normalized spacial score (nSPS) is 23.0. The monoisotopic (exact) mass is 656 g/mol. The molecule has 0 amide bonds. The van der Waals surface area contributed by atoms with Crippen molar-refractivity contribution in [2.24, 2.45) is 15.4 Å². The largest absolute Gasteiger partial charge is 0.366 e. The second-order valence-corrected chi connectivity index (χ2v) is 13.5. The SMILES string of the molecule is C=N/C(=C1/CCN(c2cccc3ccc(F)c(Cl)c23)CC1=NCCCC1(CN2CC(F)(F)C2)CC1)N1CCN(C(=C)C(=C)F)CC1. The van der Waals surface area contributed by atoms with Gasteiger partial charge < -0.3 is 14.7 Å². The fourth-order valence-corrected chi connectivity index (χ4v) is 7.43. The zero-order valence-electron chi connectivity index (χ0n) is 26.2. The highest BCUT2D eigenvalue weighted by atomic mass is 35.5. The van der Waals surface area contributed by atoms with E-state index in [1.807, 2.05) is 28.0 Å². The summed E-state index contributed by atoms with van der Waals surface area (Å²) in [6, 6.07) is 8.97. The van der Waals surface area contributed by atoms with E-state index in [2.05, 4.69) is 34.7 Å². The number of alkyl halides is 2. The van der Waals surface area contributed by atoms with Crippen LogP contribution in [-0.2, 0) is 0 Å². The number of nitrogens with zero attached hydrogens (tertiary/aromatic N) is 6. The van der Waals surface area contributed by atoms with Gasteiger partial charge in [0.25, 0.3) is 5.92 Å². The van der Waals surface area contributed by atoms with E-state index in [-0.39, 0.29) is 23.5 Å². The van der Waals surface area contributed by atoms with Crippen LogP contribution >= 0.6 is 11.6 Å². The Morgan fingerprint density at radius 1 is 0.978 bits per heavy atom. The van der Waals surface area contributed by atoms with Gasteiger partial charge in [-0.25, -0.2) is 22.6 Å². The lowest BCUT2D eigenvalue weighted by atomic mass is 9.96. The predicted octanol–water partition coefficient (Wildman–Crippen LogP) is 7.32. The smallest absolute Gasteiger partial charge is 0.272 e. The Morgan fingerprint density at radius 2 is 1.70 bits per heavy atom. The van der Waals surface area contributed by atoms with Gasteiger partial charge in [-0.3, -0.25) is 9.89 Å². The Labute approximate surface area is 273 Å². The molecule has 6 rings (SSSR count). The number of anilines is 1. The van der Waals surface area contributed by atoms with Crippen molar-refractivity contribution in [2.45, 2.75) is 38.0 Å². The lowest BCUT2D eigenvalue weighted by Gasteiger charge is -2.40. The van der Waals surface area contributed by atoms with Gasteiger partial charge >= 0.3 is 0 Å². The van der Waals surface area contributed by atoms with E-state index < -0.39 is 17.6 Å². The highest BCUT2D eigenvalue weighted by Gasteiger charge is 2.50. The molecule has 0 bridgehead atoms. The zero-order valence-corrected chi connectivity index (χ0v) is 26.9. The number of piperazine rings is 1. The summed E-state index contributed by atoms with van der Waals surface area (Å²) in [5.41, 5.74) is 3.20. The summed E-state index contributed by atoms with van der Waals surface area (Å²) in [6.07, 6.45) is 4.60. The number of aliphatic imine (C=N–C) groups is 2. The minimum Gasteiger partial charge on any atom is -0.366 e. The molecule has 0 spiro atoms. The highest BCUT2D eigenvalue weighted by molar-refractivity contribution is 6.36. The van der Waals surface area contributed by atoms with Gasteiger partial charge in [0, 0.05) is 62.5 Å². The van der Waals surface area contributed by atoms with Crippen molar-refractivity contribution in [1.82, 2.24) is 14.7 Å². The third-order valence-electron chi connectivity index (χ3n) is 9.86. The maximum absolute atomic E-state index is 14.6. The Bertz CT molecular complexity index is 1580. The highest BCUT2D eigenvalue weighted by Crippen LogP contribution is 2.51. The van der Waals surface area contributed by atoms with E-state index in [9.17, 15) is 17.6 Å². The lowest BCUT2D eigenvalue weighted by Crippen LogP contribution is -2.57. The number of benzene rings is 2. The van der Waals surface area contributed by atoms with Crippen molar-refractivity contribution in [2.75, 3.05) is 70.3 Å². The van der Waals surface area contributed by atoms with Gasteiger partial charge in [-0.1, -0.05) is 43.0 Å². The van der Waals surface area contributed by atoms with Crippen LogP contribution in [-0.4, -0.2) is 98.5 Å². The molecule has 0 unspecified atom stereocenters. The molecule has 4 fully saturated rings. The lowest BCUT2D eigenvalue weighted by molar-refractivity contribution is -0.136. The van der Waals surface area contributed by atoms with Gasteiger partial charge in [-0.05, 0) is 61.8 Å². The number of allylic oxidation sites excluding steroid dienone is 1. The van der Waals surface area contributed by atoms with Crippen LogP contribution in [0.25, 0.3) is 10.8 Å². The van der Waals surface area contributed by atoms with E-state index in [1.54, 1.807) is 6.07 Å². The van der Waals surface area contributed by atoms with Crippen LogP contribution in [0.3, 0.4) is 0 Å². The summed E-state index contributed by atoms with van der Waals surface area (Å²) in [5.74, 6) is -2.75. The van der Waals surface area contributed by atoms with E-state index in [0.717, 1.165) is 60.4 Å². The van der Waals surface area contributed by atoms with Gasteiger partial charge in [0.15, 0.2) is 0 Å². The van der Waals surface area contributed by atoms with E-state index in [4.69, 9.17) is 16.6 Å². The summed E-state index contributed by atoms with van der Waals surface area (Å²) in [6.45, 7) is 15.7. The van der Waals surface area contributed by atoms with Crippen LogP contribution in [0.1, 0.15) is 32.1 Å². The maximum atomic E-state index is 14.6. The van der Waals surface area contributed by atoms with Crippen molar-refractivity contribution in [3.63, 3.8) is 0 Å². The average Bonchev–Trinajstić information content (AvgIpc) is 3.80. The molecule has 0 N–H and O–H groups in total. The average molecular weight is 657 g/mol. The molecule has 246 valence electrons. The first kappa shape index (κ1) is 32.6. The molecule has 0 atom stereocenters. The van der Waals surface area contributed by atoms with Crippen LogP contribution in [0.2, 0.25) is 5.02 Å². The van der Waals surface area contributed by atoms with E-state index >= 15 is 0 Å². The van der Waals surface area contributed by atoms with Gasteiger partial charge in [0.2, 0.25) is 0 Å². The molecule has 2 aromatic carbocycles. The standard InChI is InChI=1S/C35H41ClF4N6/c1-24(37)25(2)44-16-18-45(19-17-44)33(41-3)27-10-15-46(30-7-4-6-26-8-9-28(38)32(36)31(26)30)20-29(27)42-14-5-11-34(12-13-34)21-43-22-35(39,40)23-43/h4,6-9H,1-3,5,10-23H2/b33-27+,42-29?. The molecule has 2 aromatic rings. The number of piperidine rings is 1. The fraction of sp³-hybridized carbons (Fsp3) is 0.486. The zero-order chi connectivity index (χ0) is 32.6. The summed E-state index contributed by atoms with van der Waals surface area (Å²) < 4.78 is 55.1. The third-order valence-corrected chi connectivity index (χ3v) is 10.2. The van der Waals surface area contributed by atoms with Crippen LogP contribution < -0.4 is 4.90 Å². The second kappa shape index (κ2) is 13.0. The minimum atomic E-state index is -2.54. The molecule has 3 aliphatic heterocycles. The first-order valence-electron chi connectivity index (χ1n) is 16.0. The first-order valence-corrected chi connectivity index (χ1v) is 16.4. The van der Waals surface area contributed by atoms with Crippen LogP contribution in [0.4, 0.5) is 23.2 Å². The fourth-order valence-electron chi connectivity index (χ4n) is 7.16. The van der Waals surface area contributed by atoms with Gasteiger partial charge in [-0.15, -0.1) is 0 Å². The summed E-state index contributed by atoms with van der Waals surface area (Å²) >= 11 is 6.51. The molecule has 3 heterocycles. The Kier molecular flexibility index (Phi) is 9.22. The first-order chi connectivity index (χ1) is 22.0.